The van der Waals surface area contributed by atoms with E-state index in [4.69, 9.17) is 33.2 Å². The summed E-state index contributed by atoms with van der Waals surface area (Å²) in [5, 5.41) is 6.57. The van der Waals surface area contributed by atoms with Crippen molar-refractivity contribution in [2.45, 2.75) is 108 Å². The molecule has 4 unspecified atom stereocenters. The van der Waals surface area contributed by atoms with Crippen molar-refractivity contribution in [2.75, 3.05) is 27.5 Å². The van der Waals surface area contributed by atoms with E-state index in [1.54, 1.807) is 5.01 Å². The predicted octanol–water partition coefficient (Wildman–Crippen LogP) is 3.86. The number of hydrogen-bond donors (Lipinski definition) is 0. The van der Waals surface area contributed by atoms with Crippen molar-refractivity contribution in [1.82, 2.24) is 5.01 Å². The third-order valence-corrected chi connectivity index (χ3v) is 12.9. The smallest absolute Gasteiger partial charge is 0.281 e. The van der Waals surface area contributed by atoms with Crippen LogP contribution < -0.4 is 0 Å². The highest BCUT2D eigenvalue weighted by Gasteiger charge is 2.66. The van der Waals surface area contributed by atoms with Crippen molar-refractivity contribution < 1.29 is 28.1 Å². The van der Waals surface area contributed by atoms with E-state index in [1.165, 1.54) is 0 Å². The molecule has 0 amide bonds. The van der Waals surface area contributed by atoms with Crippen LogP contribution in [0.5, 0.6) is 0 Å². The van der Waals surface area contributed by atoms with Gasteiger partial charge in [-0.3, -0.25) is 0 Å². The lowest BCUT2D eigenvalue weighted by Gasteiger charge is -2.61. The molecule has 0 aromatic heterocycles. The van der Waals surface area contributed by atoms with Crippen molar-refractivity contribution in [3.63, 3.8) is 0 Å². The van der Waals surface area contributed by atoms with Gasteiger partial charge in [0.1, 0.15) is 43.0 Å². The summed E-state index contributed by atoms with van der Waals surface area (Å²) in [4.78, 5) is 0. The van der Waals surface area contributed by atoms with Gasteiger partial charge >= 0.3 is 0 Å². The Morgan fingerprint density at radius 1 is 1.00 bits per heavy atom. The van der Waals surface area contributed by atoms with E-state index in [0.717, 1.165) is 11.8 Å². The number of nitrogens with zero attached hydrogens (tertiary/aromatic N) is 2. The van der Waals surface area contributed by atoms with Gasteiger partial charge in [0, 0.05) is 35.7 Å². The first kappa shape index (κ1) is 26.3. The Bertz CT molecular complexity index is 706. The minimum Gasteiger partial charge on any atom is -0.408 e. The zero-order valence-corrected chi connectivity index (χ0v) is 23.9. The second-order valence-electron chi connectivity index (χ2n) is 12.2. The zero-order chi connectivity index (χ0) is 24.1. The summed E-state index contributed by atoms with van der Waals surface area (Å²) < 4.78 is 37.6. The fourth-order valence-corrected chi connectivity index (χ4v) is 6.00. The molecule has 0 spiro atoms. The Kier molecular flexibility index (Phi) is 7.41. The van der Waals surface area contributed by atoms with Crippen LogP contribution >= 0.6 is 0 Å². The van der Waals surface area contributed by atoms with Gasteiger partial charge in [0.2, 0.25) is 0 Å². The molecule has 10 heteroatoms. The van der Waals surface area contributed by atoms with Crippen molar-refractivity contribution >= 4 is 22.1 Å². The topological polar surface area (TPSA) is 71.0 Å². The van der Waals surface area contributed by atoms with Crippen molar-refractivity contribution in [3.8, 4) is 0 Å². The molecule has 4 bridgehead atoms. The van der Waals surface area contributed by atoms with Gasteiger partial charge in [0.05, 0.1) is 0 Å². The predicted molar refractivity (Wildman–Crippen MR) is 130 cm³/mol. The van der Waals surface area contributed by atoms with E-state index in [1.807, 2.05) is 21.0 Å². The highest BCUT2D eigenvalue weighted by molar-refractivity contribution is 6.76. The van der Waals surface area contributed by atoms with E-state index in [9.17, 15) is 0 Å². The van der Waals surface area contributed by atoms with Crippen molar-refractivity contribution in [2.24, 2.45) is 5.10 Å². The first-order valence-electron chi connectivity index (χ1n) is 11.7. The maximum Gasteiger partial charge on any atom is 0.281 e. The van der Waals surface area contributed by atoms with Gasteiger partial charge in [-0.1, -0.05) is 40.4 Å². The summed E-state index contributed by atoms with van der Waals surface area (Å²) in [6, 6.07) is 1.10. The molecule has 3 aliphatic heterocycles. The van der Waals surface area contributed by atoms with Crippen LogP contribution in [0.15, 0.2) is 5.10 Å². The Labute approximate surface area is 196 Å². The summed E-state index contributed by atoms with van der Waals surface area (Å²) in [6.07, 6.45) is -1.69. The lowest BCUT2D eigenvalue weighted by Crippen LogP contribution is -2.78. The van der Waals surface area contributed by atoms with E-state index in [0.29, 0.717) is 6.61 Å². The number of hydrogen-bond acceptors (Lipinski definition) is 8. The molecular weight excluding hydrogens is 444 g/mol. The van der Waals surface area contributed by atoms with Gasteiger partial charge in [-0.2, -0.15) is 5.10 Å². The summed E-state index contributed by atoms with van der Waals surface area (Å²) in [5.41, 5.74) is 0.794. The molecule has 4 aliphatic rings. The van der Waals surface area contributed by atoms with Gasteiger partial charge in [0.25, 0.3) is 5.97 Å². The van der Waals surface area contributed by atoms with Gasteiger partial charge in [0.15, 0.2) is 8.32 Å². The fraction of sp³-hybridized carbons (Fsp3) is 0.955. The van der Waals surface area contributed by atoms with Crippen LogP contribution in [0.4, 0.5) is 0 Å². The standard InChI is InChI=1S/C22H44N2O6Si2/c1-21(2,3)32(10,11)30-20-17-15(23-24(5)6)16-18(19(20)29-22(4,27-16)28-17)26-14-25-12-13-31(7,8)9/h16-20H,12-14H2,1-11H3/b23-15+/t16-,17?,18?,19?,20-,22?/m1/s1. The highest BCUT2D eigenvalue weighted by Crippen LogP contribution is 2.48. The molecule has 4 fully saturated rings. The lowest BCUT2D eigenvalue weighted by atomic mass is 9.82. The molecule has 0 aromatic carbocycles. The minimum absolute atomic E-state index is 0.0528. The Morgan fingerprint density at radius 2 is 1.59 bits per heavy atom. The van der Waals surface area contributed by atoms with Crippen molar-refractivity contribution in [1.29, 1.82) is 0 Å². The van der Waals surface area contributed by atoms with Crippen LogP contribution in [0.25, 0.3) is 0 Å². The van der Waals surface area contributed by atoms with E-state index in [2.05, 4.69) is 53.5 Å². The third-order valence-electron chi connectivity index (χ3n) is 6.75. The first-order valence-corrected chi connectivity index (χ1v) is 18.3. The quantitative estimate of drug-likeness (QED) is 0.211. The zero-order valence-electron chi connectivity index (χ0n) is 21.9. The van der Waals surface area contributed by atoms with Gasteiger partial charge < -0.3 is 33.1 Å². The van der Waals surface area contributed by atoms with Crippen LogP contribution in [-0.2, 0) is 28.1 Å². The monoisotopic (exact) mass is 488 g/mol. The summed E-state index contributed by atoms with van der Waals surface area (Å²) >= 11 is 0. The highest BCUT2D eigenvalue weighted by atomic mass is 28.4. The van der Waals surface area contributed by atoms with Crippen LogP contribution in [0.1, 0.15) is 27.7 Å². The van der Waals surface area contributed by atoms with Gasteiger partial charge in [-0.05, 0) is 24.2 Å². The lowest BCUT2D eigenvalue weighted by molar-refractivity contribution is -0.491. The number of hydrazone groups is 1. The number of rotatable bonds is 9. The number of ether oxygens (including phenoxy) is 5. The normalized spacial score (nSPS) is 36.2. The summed E-state index contributed by atoms with van der Waals surface area (Å²) in [5.74, 6) is -1.11. The molecule has 3 saturated heterocycles. The van der Waals surface area contributed by atoms with E-state index in [-0.39, 0.29) is 42.4 Å². The van der Waals surface area contributed by atoms with E-state index >= 15 is 0 Å². The molecule has 0 N–H and O–H groups in total. The molecular formula is C22H44N2O6Si2. The Hall–Kier alpha value is -0.336. The van der Waals surface area contributed by atoms with Crippen molar-refractivity contribution in [3.05, 3.63) is 0 Å². The first-order chi connectivity index (χ1) is 14.5. The summed E-state index contributed by atoms with van der Waals surface area (Å²) in [7, 11) is 0.536. The molecule has 3 heterocycles. The SMILES string of the molecule is CN(C)/N=C1/C2OC3(C)OC(C(OCOCC[Si](C)(C)C)[C@@H]1O3)[C@@H]2O[Si](C)(C)C(C)(C)C. The molecule has 1 saturated carbocycles. The maximum absolute atomic E-state index is 6.86. The fourth-order valence-electron chi connectivity index (χ4n) is 3.95. The Balaban J connectivity index is 1.82. The van der Waals surface area contributed by atoms with Crippen LogP contribution in [0, 0.1) is 0 Å². The second kappa shape index (κ2) is 9.03. The van der Waals surface area contributed by atoms with Crippen LogP contribution in [-0.4, -0.2) is 91.1 Å². The average molecular weight is 489 g/mol. The van der Waals surface area contributed by atoms with Gasteiger partial charge in [-0.15, -0.1) is 0 Å². The van der Waals surface area contributed by atoms with Gasteiger partial charge in [-0.25, -0.2) is 0 Å². The van der Waals surface area contributed by atoms with Crippen LogP contribution in [0.3, 0.4) is 0 Å². The third kappa shape index (κ3) is 5.65. The minimum atomic E-state index is -2.11. The molecule has 8 nitrogen and oxygen atoms in total. The molecule has 0 radical (unpaired) electrons. The molecule has 4 rings (SSSR count). The molecule has 6 atom stereocenters. The van der Waals surface area contributed by atoms with Crippen LogP contribution in [0.2, 0.25) is 43.8 Å². The molecule has 0 aromatic rings. The Morgan fingerprint density at radius 3 is 2.12 bits per heavy atom. The second-order valence-corrected chi connectivity index (χ2v) is 22.6. The maximum atomic E-state index is 6.86. The van der Waals surface area contributed by atoms with E-state index < -0.39 is 22.4 Å². The molecule has 1 aliphatic carbocycles. The summed E-state index contributed by atoms with van der Waals surface area (Å²) in [6.45, 7) is 20.9. The average Bonchev–Trinajstić information content (AvgIpc) is 2.59. The molecule has 32 heavy (non-hydrogen) atoms. The largest absolute Gasteiger partial charge is 0.408 e. The molecule has 186 valence electrons.